The molecule has 0 spiro atoms. The zero-order valence-corrected chi connectivity index (χ0v) is 18.0. The van der Waals surface area contributed by atoms with Gasteiger partial charge < -0.3 is 14.5 Å². The number of amides is 1. The second kappa shape index (κ2) is 8.65. The molecular weight excluding hydrogens is 388 g/mol. The predicted octanol–water partition coefficient (Wildman–Crippen LogP) is 3.41. The van der Waals surface area contributed by atoms with Crippen LogP contribution in [0.1, 0.15) is 54.3 Å². The molecule has 29 heavy (non-hydrogen) atoms. The lowest BCUT2D eigenvalue weighted by Crippen LogP contribution is -2.44. The van der Waals surface area contributed by atoms with E-state index in [1.165, 1.54) is 17.8 Å². The van der Waals surface area contributed by atoms with E-state index < -0.39 is 0 Å². The molecule has 2 saturated heterocycles. The number of anilines is 1. The first-order chi connectivity index (χ1) is 14.1. The quantitative estimate of drug-likeness (QED) is 0.711. The molecule has 0 aliphatic carbocycles. The van der Waals surface area contributed by atoms with E-state index in [1.54, 1.807) is 13.3 Å². The van der Waals surface area contributed by atoms with Crippen LogP contribution >= 0.6 is 11.3 Å². The molecule has 0 bridgehead atoms. The van der Waals surface area contributed by atoms with Crippen LogP contribution in [0.4, 0.5) is 5.82 Å². The summed E-state index contributed by atoms with van der Waals surface area (Å²) in [7, 11) is 0. The van der Waals surface area contributed by atoms with Gasteiger partial charge in [0.25, 0.3) is 0 Å². The van der Waals surface area contributed by atoms with Gasteiger partial charge in [-0.2, -0.15) is 0 Å². The van der Waals surface area contributed by atoms with E-state index in [9.17, 15) is 9.59 Å². The van der Waals surface area contributed by atoms with Crippen molar-refractivity contribution in [1.29, 1.82) is 0 Å². The maximum absolute atomic E-state index is 12.8. The van der Waals surface area contributed by atoms with Crippen molar-refractivity contribution in [3.63, 3.8) is 0 Å². The summed E-state index contributed by atoms with van der Waals surface area (Å²) < 4.78 is 5.19. The Morgan fingerprint density at radius 1 is 1.14 bits per heavy atom. The van der Waals surface area contributed by atoms with Gasteiger partial charge in [0.1, 0.15) is 21.9 Å². The number of ether oxygens (including phenoxy) is 1. The number of piperidine rings is 2. The van der Waals surface area contributed by atoms with Gasteiger partial charge in [-0.05, 0) is 51.5 Å². The highest BCUT2D eigenvalue weighted by atomic mass is 32.1. The third kappa shape index (κ3) is 3.95. The van der Waals surface area contributed by atoms with Gasteiger partial charge in [-0.3, -0.25) is 4.79 Å². The summed E-state index contributed by atoms with van der Waals surface area (Å²) >= 11 is 1.36. The highest BCUT2D eigenvalue weighted by Gasteiger charge is 2.31. The highest BCUT2D eigenvalue weighted by Crippen LogP contribution is 2.36. The molecule has 2 aromatic heterocycles. The Hall–Kier alpha value is -2.22. The van der Waals surface area contributed by atoms with E-state index in [1.807, 2.05) is 6.92 Å². The Kier molecular flexibility index (Phi) is 5.99. The minimum absolute atomic E-state index is 0.111. The van der Waals surface area contributed by atoms with Crippen molar-refractivity contribution in [3.05, 3.63) is 16.8 Å². The smallest absolute Gasteiger partial charge is 0.348 e. The van der Waals surface area contributed by atoms with E-state index in [2.05, 4.69) is 19.8 Å². The minimum atomic E-state index is -0.301. The van der Waals surface area contributed by atoms with Crippen molar-refractivity contribution in [1.82, 2.24) is 14.9 Å². The third-order valence-electron chi connectivity index (χ3n) is 5.98. The number of fused-ring (bicyclic) bond motifs is 1. The van der Waals surface area contributed by atoms with Crippen LogP contribution < -0.4 is 4.90 Å². The van der Waals surface area contributed by atoms with Crippen LogP contribution in [0.3, 0.4) is 0 Å². The lowest BCUT2D eigenvalue weighted by Gasteiger charge is -2.36. The van der Waals surface area contributed by atoms with Crippen LogP contribution in [-0.2, 0) is 9.53 Å². The number of esters is 1. The van der Waals surface area contributed by atoms with Crippen LogP contribution in [-0.4, -0.2) is 59.5 Å². The molecule has 4 rings (SSSR count). The average Bonchev–Trinajstić information content (AvgIpc) is 3.11. The second-order valence-corrected chi connectivity index (χ2v) is 8.80. The van der Waals surface area contributed by atoms with Gasteiger partial charge in [-0.15, -0.1) is 11.3 Å². The summed E-state index contributed by atoms with van der Waals surface area (Å²) in [5.41, 5.74) is 0.880. The van der Waals surface area contributed by atoms with Gasteiger partial charge in [-0.1, -0.05) is 0 Å². The van der Waals surface area contributed by atoms with Gasteiger partial charge in [0, 0.05) is 32.1 Å². The van der Waals surface area contributed by atoms with Crippen molar-refractivity contribution in [2.75, 3.05) is 37.7 Å². The summed E-state index contributed by atoms with van der Waals surface area (Å²) in [6.07, 6.45) is 6.74. The first kappa shape index (κ1) is 20.1. The maximum atomic E-state index is 12.8. The van der Waals surface area contributed by atoms with Gasteiger partial charge in [0.2, 0.25) is 5.91 Å². The summed E-state index contributed by atoms with van der Waals surface area (Å²) in [4.78, 5) is 39.7. The predicted molar refractivity (Wildman–Crippen MR) is 113 cm³/mol. The molecule has 0 unspecified atom stereocenters. The molecule has 156 valence electrons. The summed E-state index contributed by atoms with van der Waals surface area (Å²) in [6.45, 7) is 7.50. The number of aromatic nitrogens is 2. The minimum Gasteiger partial charge on any atom is -0.462 e. The summed E-state index contributed by atoms with van der Waals surface area (Å²) in [5, 5.41) is 0.932. The van der Waals surface area contributed by atoms with Gasteiger partial charge in [0.15, 0.2) is 0 Å². The molecule has 1 amide bonds. The molecule has 7 nitrogen and oxygen atoms in total. The normalized spacial score (nSPS) is 18.3. The fraction of sp³-hybridized carbons (Fsp3) is 0.619. The standard InChI is InChI=1S/C21H28N4O3S/c1-3-28-21(27)17-14(2)16-18(22-13-23-19(16)29-17)24-11-7-15(8-12-24)20(26)25-9-5-4-6-10-25/h13,15H,3-12H2,1-2H3. The topological polar surface area (TPSA) is 75.6 Å². The zero-order chi connectivity index (χ0) is 20.4. The van der Waals surface area contributed by atoms with Crippen LogP contribution in [0.2, 0.25) is 0 Å². The first-order valence-electron chi connectivity index (χ1n) is 10.5. The summed E-state index contributed by atoms with van der Waals surface area (Å²) in [5.74, 6) is 1.00. The summed E-state index contributed by atoms with van der Waals surface area (Å²) in [6, 6.07) is 0. The second-order valence-electron chi connectivity index (χ2n) is 7.80. The number of hydrogen-bond acceptors (Lipinski definition) is 7. The molecule has 0 saturated carbocycles. The zero-order valence-electron chi connectivity index (χ0n) is 17.1. The Balaban J connectivity index is 1.51. The molecule has 0 N–H and O–H groups in total. The molecule has 8 heteroatoms. The van der Waals surface area contributed by atoms with Crippen molar-refractivity contribution < 1.29 is 14.3 Å². The molecule has 2 aromatic rings. The Labute approximate surface area is 175 Å². The first-order valence-corrected chi connectivity index (χ1v) is 11.4. The molecule has 0 aromatic carbocycles. The lowest BCUT2D eigenvalue weighted by molar-refractivity contribution is -0.137. The highest BCUT2D eigenvalue weighted by molar-refractivity contribution is 7.20. The van der Waals surface area contributed by atoms with Crippen molar-refractivity contribution in [2.24, 2.45) is 5.92 Å². The Morgan fingerprint density at radius 2 is 1.86 bits per heavy atom. The van der Waals surface area contributed by atoms with E-state index in [0.29, 0.717) is 17.4 Å². The number of thiophene rings is 1. The lowest BCUT2D eigenvalue weighted by atomic mass is 9.94. The molecule has 4 heterocycles. The number of carbonyl (C=O) groups excluding carboxylic acids is 2. The van der Waals surface area contributed by atoms with Crippen molar-refractivity contribution in [3.8, 4) is 0 Å². The number of nitrogens with zero attached hydrogens (tertiary/aromatic N) is 4. The van der Waals surface area contributed by atoms with Gasteiger partial charge in [-0.25, -0.2) is 14.8 Å². The average molecular weight is 417 g/mol. The molecule has 2 aliphatic rings. The van der Waals surface area contributed by atoms with Crippen LogP contribution in [0.15, 0.2) is 6.33 Å². The largest absolute Gasteiger partial charge is 0.462 e. The molecule has 2 aliphatic heterocycles. The number of carbonyl (C=O) groups is 2. The van der Waals surface area contributed by atoms with E-state index >= 15 is 0 Å². The number of aryl methyl sites for hydroxylation is 1. The van der Waals surface area contributed by atoms with Crippen LogP contribution in [0.25, 0.3) is 10.2 Å². The van der Waals surface area contributed by atoms with E-state index in [0.717, 1.165) is 73.5 Å². The van der Waals surface area contributed by atoms with Gasteiger partial charge >= 0.3 is 5.97 Å². The number of rotatable bonds is 4. The molecule has 0 radical (unpaired) electrons. The van der Waals surface area contributed by atoms with E-state index in [4.69, 9.17) is 4.74 Å². The fourth-order valence-corrected chi connectivity index (χ4v) is 5.43. The Morgan fingerprint density at radius 3 is 2.55 bits per heavy atom. The van der Waals surface area contributed by atoms with Crippen LogP contribution in [0, 0.1) is 12.8 Å². The SMILES string of the molecule is CCOC(=O)c1sc2ncnc(N3CCC(C(=O)N4CCCCC4)CC3)c2c1C. The molecular formula is C21H28N4O3S. The van der Waals surface area contributed by atoms with Crippen molar-refractivity contribution >= 4 is 39.2 Å². The number of likely N-dealkylation sites (tertiary alicyclic amines) is 1. The van der Waals surface area contributed by atoms with Gasteiger partial charge in [0.05, 0.1) is 12.0 Å². The Bertz CT molecular complexity index is 899. The van der Waals surface area contributed by atoms with E-state index in [-0.39, 0.29) is 11.9 Å². The molecule has 2 fully saturated rings. The monoisotopic (exact) mass is 416 g/mol. The fourth-order valence-electron chi connectivity index (χ4n) is 4.39. The van der Waals surface area contributed by atoms with Crippen molar-refractivity contribution in [2.45, 2.75) is 46.0 Å². The third-order valence-corrected chi connectivity index (χ3v) is 7.16. The number of hydrogen-bond donors (Lipinski definition) is 0. The van der Waals surface area contributed by atoms with Crippen LogP contribution in [0.5, 0.6) is 0 Å². The molecule has 0 atom stereocenters. The maximum Gasteiger partial charge on any atom is 0.348 e.